The first-order valence-corrected chi connectivity index (χ1v) is 8.59. The van der Waals surface area contributed by atoms with Crippen LogP contribution in [-0.2, 0) is 28.9 Å². The minimum atomic E-state index is -3.92. The molecule has 8 nitrogen and oxygen atoms in total. The topological polar surface area (TPSA) is 102 Å². The third-order valence-electron chi connectivity index (χ3n) is 4.34. The Morgan fingerprint density at radius 1 is 1.22 bits per heavy atom. The molecule has 1 aliphatic rings. The summed E-state index contributed by atoms with van der Waals surface area (Å²) in [4.78, 5) is 23.2. The molecule has 2 heterocycles. The second-order valence-corrected chi connectivity index (χ2v) is 7.55. The molecule has 1 aromatic carbocycles. The zero-order valence-electron chi connectivity index (χ0n) is 12.8. The number of aliphatic carboxylic acids is 1. The number of benzene rings is 1. The van der Waals surface area contributed by atoms with Crippen LogP contribution in [-0.4, -0.2) is 45.5 Å². The Bertz CT molecular complexity index is 957. The lowest BCUT2D eigenvalue weighted by Gasteiger charge is -2.21. The Morgan fingerprint density at radius 2 is 1.87 bits per heavy atom. The van der Waals surface area contributed by atoms with Crippen LogP contribution >= 0.6 is 0 Å². The summed E-state index contributed by atoms with van der Waals surface area (Å²) >= 11 is 0. The van der Waals surface area contributed by atoms with Gasteiger partial charge in [0.25, 0.3) is 0 Å². The minimum absolute atomic E-state index is 0.000602. The van der Waals surface area contributed by atoms with E-state index >= 15 is 0 Å². The van der Waals surface area contributed by atoms with Gasteiger partial charge in [-0.2, -0.15) is 4.31 Å². The number of rotatable bonds is 3. The largest absolute Gasteiger partial charge is 0.480 e. The molecular formula is C14H17N3O5S. The molecule has 9 heteroatoms. The highest BCUT2D eigenvalue weighted by atomic mass is 32.2. The van der Waals surface area contributed by atoms with Crippen LogP contribution in [0.5, 0.6) is 0 Å². The minimum Gasteiger partial charge on any atom is -0.480 e. The van der Waals surface area contributed by atoms with Crippen molar-refractivity contribution in [1.82, 2.24) is 13.4 Å². The van der Waals surface area contributed by atoms with Crippen LogP contribution in [0.2, 0.25) is 0 Å². The number of aryl methyl sites for hydroxylation is 2. The van der Waals surface area contributed by atoms with E-state index in [0.29, 0.717) is 23.9 Å². The highest BCUT2D eigenvalue weighted by Gasteiger charge is 2.39. The van der Waals surface area contributed by atoms with Crippen molar-refractivity contribution < 1.29 is 18.3 Å². The molecule has 1 saturated heterocycles. The maximum absolute atomic E-state index is 12.8. The van der Waals surface area contributed by atoms with Crippen molar-refractivity contribution in [1.29, 1.82) is 0 Å². The van der Waals surface area contributed by atoms with Gasteiger partial charge in [-0.1, -0.05) is 0 Å². The molecule has 124 valence electrons. The molecule has 0 saturated carbocycles. The number of sulfonamides is 1. The highest BCUT2D eigenvalue weighted by Crippen LogP contribution is 2.27. The Morgan fingerprint density at radius 3 is 2.52 bits per heavy atom. The van der Waals surface area contributed by atoms with E-state index in [1.807, 2.05) is 0 Å². The highest BCUT2D eigenvalue weighted by molar-refractivity contribution is 7.89. The number of carbonyl (C=O) groups is 1. The molecule has 0 radical (unpaired) electrons. The van der Waals surface area contributed by atoms with Crippen molar-refractivity contribution in [2.45, 2.75) is 23.8 Å². The van der Waals surface area contributed by atoms with Crippen molar-refractivity contribution in [3.63, 3.8) is 0 Å². The lowest BCUT2D eigenvalue weighted by atomic mass is 10.2. The van der Waals surface area contributed by atoms with Crippen LogP contribution in [0.1, 0.15) is 12.8 Å². The van der Waals surface area contributed by atoms with Crippen LogP contribution in [0.4, 0.5) is 0 Å². The van der Waals surface area contributed by atoms with E-state index in [1.54, 1.807) is 20.2 Å². The number of hydrogen-bond donors (Lipinski definition) is 1. The summed E-state index contributed by atoms with van der Waals surface area (Å²) in [5.41, 5.74) is 0.858. The van der Waals surface area contributed by atoms with Gasteiger partial charge in [-0.15, -0.1) is 0 Å². The molecule has 0 amide bonds. The Kier molecular flexibility index (Phi) is 3.56. The Balaban J connectivity index is 2.14. The van der Waals surface area contributed by atoms with Gasteiger partial charge < -0.3 is 5.11 Å². The lowest BCUT2D eigenvalue weighted by molar-refractivity contribution is -0.140. The average molecular weight is 339 g/mol. The number of imidazole rings is 1. The van der Waals surface area contributed by atoms with Crippen LogP contribution in [0, 0.1) is 0 Å². The van der Waals surface area contributed by atoms with Gasteiger partial charge in [0.1, 0.15) is 6.04 Å². The van der Waals surface area contributed by atoms with Crippen molar-refractivity contribution >= 4 is 27.0 Å². The van der Waals surface area contributed by atoms with Gasteiger partial charge in [0.2, 0.25) is 10.0 Å². The molecule has 1 aliphatic heterocycles. The van der Waals surface area contributed by atoms with E-state index in [4.69, 9.17) is 0 Å². The number of carboxylic acids is 1. The molecule has 1 atom stereocenters. The van der Waals surface area contributed by atoms with E-state index in [9.17, 15) is 23.1 Å². The van der Waals surface area contributed by atoms with E-state index < -0.39 is 22.0 Å². The number of aromatic nitrogens is 2. The van der Waals surface area contributed by atoms with Crippen molar-refractivity contribution in [2.24, 2.45) is 14.1 Å². The molecule has 0 unspecified atom stereocenters. The van der Waals surface area contributed by atoms with Crippen molar-refractivity contribution in [3.05, 3.63) is 28.7 Å². The van der Waals surface area contributed by atoms with Crippen LogP contribution in [0.15, 0.2) is 27.9 Å². The molecular weight excluding hydrogens is 322 g/mol. The van der Waals surface area contributed by atoms with E-state index in [0.717, 1.165) is 4.31 Å². The summed E-state index contributed by atoms with van der Waals surface area (Å²) in [6, 6.07) is 3.36. The number of nitrogens with zero attached hydrogens (tertiary/aromatic N) is 3. The van der Waals surface area contributed by atoms with E-state index in [-0.39, 0.29) is 17.1 Å². The molecule has 0 spiro atoms. The fraction of sp³-hybridized carbons (Fsp3) is 0.429. The molecule has 3 rings (SSSR count). The number of carboxylic acid groups (broad SMARTS) is 1. The second-order valence-electron chi connectivity index (χ2n) is 5.66. The summed E-state index contributed by atoms with van der Waals surface area (Å²) < 4.78 is 29.4. The number of hydrogen-bond acceptors (Lipinski definition) is 4. The molecule has 23 heavy (non-hydrogen) atoms. The Labute approximate surface area is 132 Å². The summed E-state index contributed by atoms with van der Waals surface area (Å²) in [6.07, 6.45) is 0.822. The summed E-state index contributed by atoms with van der Waals surface area (Å²) in [5.74, 6) is -1.14. The number of fused-ring (bicyclic) bond motifs is 1. The predicted octanol–water partition coefficient (Wildman–Crippen LogP) is 0.115. The SMILES string of the molecule is Cn1c(=O)n(C)c2cc(S(=O)(=O)N3CCC[C@H]3C(=O)O)ccc21. The van der Waals surface area contributed by atoms with Gasteiger partial charge in [-0.05, 0) is 31.0 Å². The maximum Gasteiger partial charge on any atom is 0.328 e. The maximum atomic E-state index is 12.8. The lowest BCUT2D eigenvalue weighted by Crippen LogP contribution is -2.40. The first kappa shape index (κ1) is 15.8. The van der Waals surface area contributed by atoms with Gasteiger partial charge in [0, 0.05) is 20.6 Å². The molecule has 1 aromatic heterocycles. The molecule has 0 aliphatic carbocycles. The summed E-state index contributed by atoms with van der Waals surface area (Å²) in [5, 5.41) is 9.19. The third kappa shape index (κ3) is 2.27. The first-order chi connectivity index (χ1) is 10.7. The molecule has 1 N–H and O–H groups in total. The molecule has 1 fully saturated rings. The van der Waals surface area contributed by atoms with E-state index in [2.05, 4.69) is 0 Å². The van der Waals surface area contributed by atoms with Gasteiger partial charge in [-0.3, -0.25) is 13.9 Å². The van der Waals surface area contributed by atoms with Gasteiger partial charge in [0.15, 0.2) is 0 Å². The van der Waals surface area contributed by atoms with Crippen LogP contribution in [0.3, 0.4) is 0 Å². The van der Waals surface area contributed by atoms with Crippen LogP contribution in [0.25, 0.3) is 11.0 Å². The van der Waals surface area contributed by atoms with Crippen molar-refractivity contribution in [2.75, 3.05) is 6.54 Å². The van der Waals surface area contributed by atoms with Gasteiger partial charge >= 0.3 is 11.7 Å². The van der Waals surface area contributed by atoms with Crippen molar-refractivity contribution in [3.8, 4) is 0 Å². The van der Waals surface area contributed by atoms with E-state index in [1.165, 1.54) is 21.3 Å². The quantitative estimate of drug-likeness (QED) is 0.855. The van der Waals surface area contributed by atoms with Gasteiger partial charge in [0.05, 0.1) is 15.9 Å². The molecule has 0 bridgehead atoms. The molecule has 2 aromatic rings. The standard InChI is InChI=1S/C14H17N3O5S/c1-15-10-6-5-9(8-12(10)16(2)14(15)20)23(21,22)17-7-3-4-11(17)13(18)19/h5-6,8,11H,3-4,7H2,1-2H3,(H,18,19)/t11-/m0/s1. The monoisotopic (exact) mass is 339 g/mol. The fourth-order valence-electron chi connectivity index (χ4n) is 3.06. The van der Waals surface area contributed by atoms with Crippen LogP contribution < -0.4 is 5.69 Å². The van der Waals surface area contributed by atoms with Gasteiger partial charge in [-0.25, -0.2) is 13.2 Å². The smallest absolute Gasteiger partial charge is 0.328 e. The normalized spacial score (nSPS) is 19.5. The predicted molar refractivity (Wildman–Crippen MR) is 82.7 cm³/mol. The fourth-order valence-corrected chi connectivity index (χ4v) is 4.73. The second kappa shape index (κ2) is 5.20. The first-order valence-electron chi connectivity index (χ1n) is 7.15. The zero-order valence-corrected chi connectivity index (χ0v) is 13.6. The third-order valence-corrected chi connectivity index (χ3v) is 6.24. The summed E-state index contributed by atoms with van der Waals surface area (Å²) in [7, 11) is -0.740. The summed E-state index contributed by atoms with van der Waals surface area (Å²) in [6.45, 7) is 0.186. The Hall–Kier alpha value is -2.13. The zero-order chi connectivity index (χ0) is 16.9. The average Bonchev–Trinajstić information content (AvgIpc) is 3.09.